The lowest BCUT2D eigenvalue weighted by Gasteiger charge is -2.04. The molecule has 0 saturated carbocycles. The number of carbonyl (C=O) groups is 1. The summed E-state index contributed by atoms with van der Waals surface area (Å²) >= 11 is 0. The fraction of sp³-hybridized carbons (Fsp3) is 0.600. The lowest BCUT2D eigenvalue weighted by molar-refractivity contribution is -0.117. The Hall–Kier alpha value is -1.34. The van der Waals surface area contributed by atoms with Gasteiger partial charge < -0.3 is 10.1 Å². The standard InChI is InChI=1S/C10H16N2O2/c1-3-4-6-14-7-5-12-10(13)9(2)8-11/h2-7H2,1H3,(H,12,13). The van der Waals surface area contributed by atoms with Crippen LogP contribution < -0.4 is 5.32 Å². The van der Waals surface area contributed by atoms with Crippen LogP contribution in [-0.4, -0.2) is 25.7 Å². The highest BCUT2D eigenvalue weighted by atomic mass is 16.5. The number of nitrogens with one attached hydrogen (secondary N) is 1. The second-order valence-corrected chi connectivity index (χ2v) is 2.81. The minimum Gasteiger partial charge on any atom is -0.380 e. The molecule has 0 radical (unpaired) electrons. The summed E-state index contributed by atoms with van der Waals surface area (Å²) in [6, 6.07) is 1.68. The highest BCUT2D eigenvalue weighted by molar-refractivity contribution is 5.96. The Labute approximate surface area is 84.6 Å². The fourth-order valence-corrected chi connectivity index (χ4v) is 0.743. The molecular weight excluding hydrogens is 180 g/mol. The zero-order valence-corrected chi connectivity index (χ0v) is 8.51. The van der Waals surface area contributed by atoms with Crippen LogP contribution >= 0.6 is 0 Å². The van der Waals surface area contributed by atoms with Crippen LogP contribution in [0, 0.1) is 11.3 Å². The molecule has 0 aromatic heterocycles. The monoisotopic (exact) mass is 196 g/mol. The van der Waals surface area contributed by atoms with E-state index < -0.39 is 5.91 Å². The predicted molar refractivity (Wildman–Crippen MR) is 53.5 cm³/mol. The summed E-state index contributed by atoms with van der Waals surface area (Å²) in [6.07, 6.45) is 2.12. The lowest BCUT2D eigenvalue weighted by Crippen LogP contribution is -2.27. The van der Waals surface area contributed by atoms with Gasteiger partial charge in [-0.2, -0.15) is 5.26 Å². The van der Waals surface area contributed by atoms with Crippen molar-refractivity contribution in [1.29, 1.82) is 5.26 Å². The summed E-state index contributed by atoms with van der Waals surface area (Å²) < 4.78 is 5.21. The zero-order chi connectivity index (χ0) is 10.8. The molecular formula is C10H16N2O2. The third-order valence-corrected chi connectivity index (χ3v) is 1.58. The van der Waals surface area contributed by atoms with Gasteiger partial charge in [0, 0.05) is 13.2 Å². The van der Waals surface area contributed by atoms with Crippen molar-refractivity contribution in [3.63, 3.8) is 0 Å². The van der Waals surface area contributed by atoms with Crippen molar-refractivity contribution in [2.24, 2.45) is 0 Å². The van der Waals surface area contributed by atoms with E-state index in [1.807, 2.05) is 0 Å². The van der Waals surface area contributed by atoms with Gasteiger partial charge in [-0.15, -0.1) is 0 Å². The molecule has 0 spiro atoms. The first-order valence-electron chi connectivity index (χ1n) is 4.67. The number of amides is 1. The molecule has 0 aliphatic carbocycles. The molecule has 0 aliphatic heterocycles. The van der Waals surface area contributed by atoms with Crippen molar-refractivity contribution in [2.75, 3.05) is 19.8 Å². The van der Waals surface area contributed by atoms with E-state index in [9.17, 15) is 4.79 Å². The smallest absolute Gasteiger partial charge is 0.261 e. The quantitative estimate of drug-likeness (QED) is 0.375. The average Bonchev–Trinajstić information content (AvgIpc) is 2.21. The Morgan fingerprint density at radius 1 is 1.57 bits per heavy atom. The van der Waals surface area contributed by atoms with E-state index >= 15 is 0 Å². The summed E-state index contributed by atoms with van der Waals surface area (Å²) in [4.78, 5) is 11.0. The van der Waals surface area contributed by atoms with Crippen LogP contribution in [0.15, 0.2) is 12.2 Å². The summed E-state index contributed by atoms with van der Waals surface area (Å²) in [5, 5.41) is 10.9. The maximum atomic E-state index is 11.0. The molecule has 1 N–H and O–H groups in total. The maximum Gasteiger partial charge on any atom is 0.261 e. The summed E-state index contributed by atoms with van der Waals surface area (Å²) in [6.45, 7) is 6.98. The summed E-state index contributed by atoms with van der Waals surface area (Å²) in [7, 11) is 0. The van der Waals surface area contributed by atoms with Crippen LogP contribution in [0.2, 0.25) is 0 Å². The molecule has 0 aliphatic rings. The Morgan fingerprint density at radius 3 is 2.86 bits per heavy atom. The second kappa shape index (κ2) is 8.27. The van der Waals surface area contributed by atoms with Crippen molar-refractivity contribution >= 4 is 5.91 Å². The third-order valence-electron chi connectivity index (χ3n) is 1.58. The predicted octanol–water partition coefficient (Wildman–Crippen LogP) is 0.999. The van der Waals surface area contributed by atoms with Gasteiger partial charge in [-0.3, -0.25) is 4.79 Å². The fourth-order valence-electron chi connectivity index (χ4n) is 0.743. The van der Waals surface area contributed by atoms with Gasteiger partial charge in [-0.25, -0.2) is 0 Å². The normalized spacial score (nSPS) is 9.14. The highest BCUT2D eigenvalue weighted by Crippen LogP contribution is 1.88. The van der Waals surface area contributed by atoms with Crippen LogP contribution in [0.5, 0.6) is 0 Å². The van der Waals surface area contributed by atoms with Crippen molar-refractivity contribution < 1.29 is 9.53 Å². The number of carbonyl (C=O) groups excluding carboxylic acids is 1. The maximum absolute atomic E-state index is 11.0. The average molecular weight is 196 g/mol. The van der Waals surface area contributed by atoms with Gasteiger partial charge in [0.15, 0.2) is 0 Å². The minimum atomic E-state index is -0.424. The van der Waals surface area contributed by atoms with E-state index in [4.69, 9.17) is 10.00 Å². The van der Waals surface area contributed by atoms with Gasteiger partial charge in [-0.05, 0) is 6.42 Å². The molecule has 0 heterocycles. The number of nitrogens with zero attached hydrogens (tertiary/aromatic N) is 1. The van der Waals surface area contributed by atoms with E-state index in [0.29, 0.717) is 19.8 Å². The molecule has 0 aromatic carbocycles. The van der Waals surface area contributed by atoms with Crippen molar-refractivity contribution in [2.45, 2.75) is 19.8 Å². The molecule has 0 bridgehead atoms. The molecule has 0 fully saturated rings. The number of unbranched alkanes of at least 4 members (excludes halogenated alkanes) is 1. The topological polar surface area (TPSA) is 62.1 Å². The van der Waals surface area contributed by atoms with E-state index in [0.717, 1.165) is 12.8 Å². The summed E-state index contributed by atoms with van der Waals surface area (Å²) in [5.74, 6) is -0.424. The molecule has 0 rings (SSSR count). The molecule has 0 atom stereocenters. The SMILES string of the molecule is C=C(C#N)C(=O)NCCOCCCC. The van der Waals surface area contributed by atoms with Crippen molar-refractivity contribution in [1.82, 2.24) is 5.32 Å². The number of hydrogen-bond donors (Lipinski definition) is 1. The van der Waals surface area contributed by atoms with Gasteiger partial charge in [0.2, 0.25) is 0 Å². The van der Waals surface area contributed by atoms with Crippen LogP contribution in [-0.2, 0) is 9.53 Å². The van der Waals surface area contributed by atoms with Crippen molar-refractivity contribution in [3.05, 3.63) is 12.2 Å². The van der Waals surface area contributed by atoms with E-state index in [1.54, 1.807) is 6.07 Å². The number of nitriles is 1. The van der Waals surface area contributed by atoms with Crippen LogP contribution in [0.4, 0.5) is 0 Å². The number of ether oxygens (including phenoxy) is 1. The molecule has 0 saturated heterocycles. The Bertz CT molecular complexity index is 231. The Morgan fingerprint density at radius 2 is 2.29 bits per heavy atom. The van der Waals surface area contributed by atoms with Gasteiger partial charge in [-0.1, -0.05) is 19.9 Å². The molecule has 4 heteroatoms. The van der Waals surface area contributed by atoms with E-state index in [2.05, 4.69) is 18.8 Å². The molecule has 4 nitrogen and oxygen atoms in total. The van der Waals surface area contributed by atoms with Crippen LogP contribution in [0.25, 0.3) is 0 Å². The largest absolute Gasteiger partial charge is 0.380 e. The molecule has 1 amide bonds. The summed E-state index contributed by atoms with van der Waals surface area (Å²) in [5.41, 5.74) is -0.0708. The first-order chi connectivity index (χ1) is 6.72. The van der Waals surface area contributed by atoms with Gasteiger partial charge in [0.1, 0.15) is 11.6 Å². The van der Waals surface area contributed by atoms with Crippen LogP contribution in [0.1, 0.15) is 19.8 Å². The zero-order valence-electron chi connectivity index (χ0n) is 8.51. The van der Waals surface area contributed by atoms with E-state index in [-0.39, 0.29) is 5.57 Å². The first kappa shape index (κ1) is 12.7. The highest BCUT2D eigenvalue weighted by Gasteiger charge is 2.03. The number of rotatable bonds is 7. The molecule has 78 valence electrons. The molecule has 14 heavy (non-hydrogen) atoms. The van der Waals surface area contributed by atoms with Crippen LogP contribution in [0.3, 0.4) is 0 Å². The lowest BCUT2D eigenvalue weighted by atomic mass is 10.3. The Balaban J connectivity index is 3.33. The van der Waals surface area contributed by atoms with Gasteiger partial charge in [0.05, 0.1) is 6.61 Å². The number of hydrogen-bond acceptors (Lipinski definition) is 3. The first-order valence-corrected chi connectivity index (χ1v) is 4.67. The Kier molecular flexibility index (Phi) is 7.48. The third kappa shape index (κ3) is 6.21. The molecule has 0 aromatic rings. The minimum absolute atomic E-state index is 0.0708. The van der Waals surface area contributed by atoms with Gasteiger partial charge >= 0.3 is 0 Å². The molecule has 0 unspecified atom stereocenters. The van der Waals surface area contributed by atoms with E-state index in [1.165, 1.54) is 0 Å². The van der Waals surface area contributed by atoms with Crippen molar-refractivity contribution in [3.8, 4) is 6.07 Å². The van der Waals surface area contributed by atoms with Gasteiger partial charge in [0.25, 0.3) is 5.91 Å². The second-order valence-electron chi connectivity index (χ2n) is 2.81.